The van der Waals surface area contributed by atoms with Gasteiger partial charge in [0.2, 0.25) is 11.8 Å². The molecule has 2 aromatic rings. The third-order valence-corrected chi connectivity index (χ3v) is 5.91. The summed E-state index contributed by atoms with van der Waals surface area (Å²) in [4.78, 5) is 25.8. The van der Waals surface area contributed by atoms with Gasteiger partial charge >= 0.3 is 0 Å². The second-order valence-corrected chi connectivity index (χ2v) is 7.56. The molecule has 1 unspecified atom stereocenters. The molecule has 4 heterocycles. The van der Waals surface area contributed by atoms with Gasteiger partial charge in [-0.25, -0.2) is 0 Å². The van der Waals surface area contributed by atoms with Crippen molar-refractivity contribution in [2.24, 2.45) is 0 Å². The van der Waals surface area contributed by atoms with E-state index in [0.717, 1.165) is 43.6 Å². The van der Waals surface area contributed by atoms with Crippen molar-refractivity contribution in [1.82, 2.24) is 30.0 Å². The van der Waals surface area contributed by atoms with Crippen LogP contribution >= 0.6 is 0 Å². The number of aryl methyl sites for hydroxylation is 2. The first kappa shape index (κ1) is 15.7. The Hall–Kier alpha value is -2.51. The van der Waals surface area contributed by atoms with Crippen LogP contribution in [0.3, 0.4) is 0 Å². The van der Waals surface area contributed by atoms with Gasteiger partial charge in [0.25, 0.3) is 0 Å². The highest BCUT2D eigenvalue weighted by Crippen LogP contribution is 2.29. The zero-order valence-corrected chi connectivity index (χ0v) is 14.6. The minimum Gasteiger partial charge on any atom is -0.344 e. The van der Waals surface area contributed by atoms with Gasteiger partial charge in [0.05, 0.1) is 5.69 Å². The van der Waals surface area contributed by atoms with Crippen molar-refractivity contribution in [3.63, 3.8) is 0 Å². The molecule has 8 heteroatoms. The van der Waals surface area contributed by atoms with Crippen molar-refractivity contribution in [3.8, 4) is 0 Å². The van der Waals surface area contributed by atoms with Gasteiger partial charge in [-0.3, -0.25) is 9.59 Å². The molecule has 0 bridgehead atoms. The highest BCUT2D eigenvalue weighted by atomic mass is 16.2. The smallest absolute Gasteiger partial charge is 0.245 e. The first-order valence-electron chi connectivity index (χ1n) is 9.51. The summed E-state index contributed by atoms with van der Waals surface area (Å²) in [6.07, 6.45) is 6.05. The molecule has 3 aliphatic rings. The maximum atomic E-state index is 12.5. The van der Waals surface area contributed by atoms with Gasteiger partial charge in [-0.15, -0.1) is 10.2 Å². The van der Waals surface area contributed by atoms with Gasteiger partial charge in [-0.2, -0.15) is 9.61 Å². The van der Waals surface area contributed by atoms with Crippen molar-refractivity contribution < 1.29 is 9.59 Å². The Labute approximate surface area is 151 Å². The Morgan fingerprint density at radius 3 is 2.73 bits per heavy atom. The fourth-order valence-corrected chi connectivity index (χ4v) is 4.43. The molecule has 2 aromatic heterocycles. The molecule has 0 radical (unpaired) electrons. The summed E-state index contributed by atoms with van der Waals surface area (Å²) in [6.45, 7) is 1.38. The molecule has 8 nitrogen and oxygen atoms in total. The van der Waals surface area contributed by atoms with Crippen LogP contribution in [0, 0.1) is 0 Å². The topological polar surface area (TPSA) is 92.5 Å². The molecule has 136 valence electrons. The van der Waals surface area contributed by atoms with Gasteiger partial charge in [0.1, 0.15) is 6.04 Å². The largest absolute Gasteiger partial charge is 0.344 e. The Balaban J connectivity index is 1.30. The van der Waals surface area contributed by atoms with E-state index in [1.807, 2.05) is 9.42 Å². The van der Waals surface area contributed by atoms with Crippen LogP contribution in [0.2, 0.25) is 0 Å². The first-order chi connectivity index (χ1) is 12.7. The van der Waals surface area contributed by atoms with E-state index in [4.69, 9.17) is 5.10 Å². The number of hydrogen-bond acceptors (Lipinski definition) is 5. The van der Waals surface area contributed by atoms with Gasteiger partial charge in [0, 0.05) is 25.4 Å². The van der Waals surface area contributed by atoms with E-state index in [2.05, 4.69) is 21.6 Å². The molecule has 0 aromatic carbocycles. The maximum absolute atomic E-state index is 12.5. The van der Waals surface area contributed by atoms with E-state index in [1.165, 1.54) is 11.3 Å². The summed E-state index contributed by atoms with van der Waals surface area (Å²) >= 11 is 0. The number of rotatable bonds is 2. The summed E-state index contributed by atoms with van der Waals surface area (Å²) < 4.78 is 1.91. The van der Waals surface area contributed by atoms with Gasteiger partial charge in [0.15, 0.2) is 11.5 Å². The minimum absolute atomic E-state index is 0.0215. The number of hydrogen-bond donors (Lipinski definition) is 1. The number of piperidine rings is 1. The van der Waals surface area contributed by atoms with Crippen LogP contribution in [0.5, 0.6) is 0 Å². The van der Waals surface area contributed by atoms with E-state index in [1.54, 1.807) is 0 Å². The number of nitrogens with one attached hydrogen (secondary N) is 1. The van der Waals surface area contributed by atoms with Crippen molar-refractivity contribution >= 4 is 17.5 Å². The standard InChI is InChI=1S/C18H22N6O2/c25-16-5-4-14(19-16)18(26)23-8-6-11(7-9-23)17-21-20-15-10-12-2-1-3-13(12)22-24(15)17/h10-11,14H,1-9H2,(H,19,25). The van der Waals surface area contributed by atoms with Crippen LogP contribution in [-0.2, 0) is 22.4 Å². The summed E-state index contributed by atoms with van der Waals surface area (Å²) in [5.74, 6) is 1.21. The number of carbonyl (C=O) groups is 2. The average Bonchev–Trinajstić information content (AvgIpc) is 3.38. The zero-order valence-electron chi connectivity index (χ0n) is 14.6. The lowest BCUT2D eigenvalue weighted by molar-refractivity contribution is -0.135. The van der Waals surface area contributed by atoms with E-state index in [-0.39, 0.29) is 23.8 Å². The molecule has 0 spiro atoms. The van der Waals surface area contributed by atoms with E-state index >= 15 is 0 Å². The molecule has 1 atom stereocenters. The van der Waals surface area contributed by atoms with Crippen LogP contribution in [0.25, 0.3) is 5.65 Å². The van der Waals surface area contributed by atoms with Gasteiger partial charge in [-0.1, -0.05) is 0 Å². The molecule has 1 aliphatic carbocycles. The minimum atomic E-state index is -0.336. The van der Waals surface area contributed by atoms with Crippen LogP contribution in [-0.4, -0.2) is 55.7 Å². The number of likely N-dealkylation sites (tertiary alicyclic amines) is 1. The first-order valence-corrected chi connectivity index (χ1v) is 9.51. The van der Waals surface area contributed by atoms with Gasteiger partial charge in [-0.05, 0) is 50.2 Å². The van der Waals surface area contributed by atoms with Gasteiger partial charge < -0.3 is 10.2 Å². The lowest BCUT2D eigenvalue weighted by atomic mass is 9.95. The second kappa shape index (κ2) is 6.03. The predicted octanol–water partition coefficient (Wildman–Crippen LogP) is 0.598. The molecule has 2 amide bonds. The SMILES string of the molecule is O=C1CCC(C(=O)N2CCC(c3nnc4cc5c(nn34)CCC5)CC2)N1. The Morgan fingerprint density at radius 1 is 1.12 bits per heavy atom. The lowest BCUT2D eigenvalue weighted by Crippen LogP contribution is -2.47. The highest BCUT2D eigenvalue weighted by Gasteiger charge is 2.34. The maximum Gasteiger partial charge on any atom is 0.245 e. The van der Waals surface area contributed by atoms with Crippen LogP contribution in [0.1, 0.15) is 55.1 Å². The normalized spacial score (nSPS) is 23.5. The summed E-state index contributed by atoms with van der Waals surface area (Å²) in [5, 5.41) is 16.3. The number of carbonyl (C=O) groups excluding carboxylic acids is 2. The van der Waals surface area contributed by atoms with Crippen molar-refractivity contribution in [3.05, 3.63) is 23.1 Å². The highest BCUT2D eigenvalue weighted by molar-refractivity contribution is 5.90. The molecule has 1 N–H and O–H groups in total. The molecule has 0 saturated carbocycles. The third-order valence-electron chi connectivity index (χ3n) is 5.91. The third kappa shape index (κ3) is 2.55. The molecular weight excluding hydrogens is 332 g/mol. The number of fused-ring (bicyclic) bond motifs is 2. The Kier molecular flexibility index (Phi) is 3.65. The molecule has 26 heavy (non-hydrogen) atoms. The summed E-state index contributed by atoms with van der Waals surface area (Å²) in [7, 11) is 0. The lowest BCUT2D eigenvalue weighted by Gasteiger charge is -2.32. The molecule has 2 aliphatic heterocycles. The molecular formula is C18H22N6O2. The Morgan fingerprint density at radius 2 is 1.96 bits per heavy atom. The van der Waals surface area contributed by atoms with E-state index < -0.39 is 0 Å². The summed E-state index contributed by atoms with van der Waals surface area (Å²) in [5.41, 5.74) is 3.30. The quantitative estimate of drug-likeness (QED) is 0.852. The average molecular weight is 354 g/mol. The molecule has 2 saturated heterocycles. The molecule has 5 rings (SSSR count). The van der Waals surface area contributed by atoms with Crippen molar-refractivity contribution in [1.29, 1.82) is 0 Å². The monoisotopic (exact) mass is 354 g/mol. The van der Waals surface area contributed by atoms with Crippen molar-refractivity contribution in [2.75, 3.05) is 13.1 Å². The fraction of sp³-hybridized carbons (Fsp3) is 0.611. The summed E-state index contributed by atoms with van der Waals surface area (Å²) in [6, 6.07) is 1.78. The predicted molar refractivity (Wildman–Crippen MR) is 92.5 cm³/mol. The second-order valence-electron chi connectivity index (χ2n) is 7.56. The number of aromatic nitrogens is 4. The van der Waals surface area contributed by atoms with E-state index in [0.29, 0.717) is 25.9 Å². The van der Waals surface area contributed by atoms with E-state index in [9.17, 15) is 9.59 Å². The van der Waals surface area contributed by atoms with Crippen LogP contribution in [0.4, 0.5) is 0 Å². The number of nitrogens with zero attached hydrogens (tertiary/aromatic N) is 5. The Bertz CT molecular complexity index is 883. The van der Waals surface area contributed by atoms with Crippen LogP contribution < -0.4 is 5.32 Å². The van der Waals surface area contributed by atoms with Crippen LogP contribution in [0.15, 0.2) is 6.07 Å². The van der Waals surface area contributed by atoms with Crippen molar-refractivity contribution in [2.45, 2.75) is 56.9 Å². The fourth-order valence-electron chi connectivity index (χ4n) is 4.43. The zero-order chi connectivity index (χ0) is 17.7. The molecule has 2 fully saturated rings. The number of amides is 2.